The van der Waals surface area contributed by atoms with Crippen LogP contribution in [0.5, 0.6) is 0 Å². The summed E-state index contributed by atoms with van der Waals surface area (Å²) in [6, 6.07) is 23.0. The van der Waals surface area contributed by atoms with Crippen LogP contribution in [-0.4, -0.2) is 29.1 Å². The van der Waals surface area contributed by atoms with Gasteiger partial charge in [0.15, 0.2) is 4.80 Å². The smallest absolute Gasteiger partial charge is 0.420 e. The Morgan fingerprint density at radius 2 is 1.59 bits per heavy atom. The molecule has 0 N–H and O–H groups in total. The zero-order chi connectivity index (χ0) is 23.7. The highest BCUT2D eigenvalue weighted by molar-refractivity contribution is 7.07. The van der Waals surface area contributed by atoms with Crippen molar-refractivity contribution in [2.45, 2.75) is 6.92 Å². The summed E-state index contributed by atoms with van der Waals surface area (Å²) in [5, 5.41) is 1.81. The number of carbonyl (C=O) groups is 3. The quantitative estimate of drug-likeness (QED) is 0.382. The number of carbonyl (C=O) groups excluding carboxylic acids is 3. The third-order valence-corrected chi connectivity index (χ3v) is 6.16. The van der Waals surface area contributed by atoms with E-state index in [0.717, 1.165) is 4.90 Å². The molecule has 3 aromatic carbocycles. The fourth-order valence-corrected chi connectivity index (χ4v) is 4.69. The summed E-state index contributed by atoms with van der Waals surface area (Å²) in [5.74, 6) is -0.748. The van der Waals surface area contributed by atoms with Crippen molar-refractivity contribution in [3.63, 3.8) is 0 Å². The SMILES string of the molecule is CCOC(=O)n1c(-c2cccc(N3C(=O)c4ccccc4C3=O)c2)csc1=Nc1ccccc1. The number of ether oxygens (including phenoxy) is 1. The first kappa shape index (κ1) is 21.5. The van der Waals surface area contributed by atoms with Gasteiger partial charge < -0.3 is 4.74 Å². The van der Waals surface area contributed by atoms with Gasteiger partial charge in [-0.05, 0) is 43.3 Å². The Hall–Kier alpha value is -4.30. The van der Waals surface area contributed by atoms with Gasteiger partial charge in [-0.25, -0.2) is 19.3 Å². The van der Waals surface area contributed by atoms with Crippen molar-refractivity contribution in [2.75, 3.05) is 11.5 Å². The number of benzene rings is 3. The Labute approximate surface area is 199 Å². The van der Waals surface area contributed by atoms with Crippen LogP contribution < -0.4 is 9.70 Å². The van der Waals surface area contributed by atoms with Gasteiger partial charge >= 0.3 is 6.09 Å². The minimum atomic E-state index is -0.556. The summed E-state index contributed by atoms with van der Waals surface area (Å²) in [5.41, 5.74) is 3.07. The maximum absolute atomic E-state index is 12.9. The van der Waals surface area contributed by atoms with Crippen molar-refractivity contribution >= 4 is 40.6 Å². The molecule has 0 fully saturated rings. The van der Waals surface area contributed by atoms with Gasteiger partial charge in [0.05, 0.1) is 34.8 Å². The molecule has 2 amide bonds. The zero-order valence-electron chi connectivity index (χ0n) is 18.2. The average Bonchev–Trinajstić information content (AvgIpc) is 3.39. The molecule has 1 aliphatic heterocycles. The number of fused-ring (bicyclic) bond motifs is 1. The van der Waals surface area contributed by atoms with Crippen molar-refractivity contribution in [3.8, 4) is 11.3 Å². The van der Waals surface area contributed by atoms with E-state index in [-0.39, 0.29) is 18.4 Å². The third kappa shape index (κ3) is 3.74. The molecule has 0 radical (unpaired) electrons. The van der Waals surface area contributed by atoms with E-state index < -0.39 is 6.09 Å². The number of hydrogen-bond donors (Lipinski definition) is 0. The van der Waals surface area contributed by atoms with E-state index in [1.54, 1.807) is 54.8 Å². The maximum Gasteiger partial charge on any atom is 0.420 e. The highest BCUT2D eigenvalue weighted by Gasteiger charge is 2.36. The van der Waals surface area contributed by atoms with Crippen molar-refractivity contribution < 1.29 is 19.1 Å². The first-order valence-electron chi connectivity index (χ1n) is 10.6. The van der Waals surface area contributed by atoms with Crippen molar-refractivity contribution in [3.05, 3.63) is 100 Å². The number of rotatable bonds is 4. The monoisotopic (exact) mass is 469 g/mol. The first-order chi connectivity index (χ1) is 16.6. The third-order valence-electron chi connectivity index (χ3n) is 5.33. The lowest BCUT2D eigenvalue weighted by Crippen LogP contribution is -2.29. The predicted molar refractivity (Wildman–Crippen MR) is 129 cm³/mol. The number of aromatic nitrogens is 1. The Morgan fingerprint density at radius 3 is 2.26 bits per heavy atom. The Kier molecular flexibility index (Phi) is 5.65. The van der Waals surface area contributed by atoms with Crippen LogP contribution in [0.1, 0.15) is 27.6 Å². The standard InChI is InChI=1S/C26H19N3O4S/c1-2-33-26(32)29-22(16-34-25(29)27-18-10-4-3-5-11-18)17-9-8-12-19(15-17)28-23(30)20-13-6-7-14-21(20)24(28)31/h3-16H,2H2,1H3. The van der Waals surface area contributed by atoms with Crippen LogP contribution in [0, 0.1) is 0 Å². The van der Waals surface area contributed by atoms with Crippen LogP contribution in [0.15, 0.2) is 89.2 Å². The lowest BCUT2D eigenvalue weighted by atomic mass is 10.1. The van der Waals surface area contributed by atoms with E-state index in [4.69, 9.17) is 4.74 Å². The second-order valence-electron chi connectivity index (χ2n) is 7.43. The molecule has 1 aromatic heterocycles. The molecule has 0 saturated heterocycles. The van der Waals surface area contributed by atoms with E-state index in [9.17, 15) is 14.4 Å². The van der Waals surface area contributed by atoms with Gasteiger partial charge in [-0.1, -0.05) is 42.5 Å². The molecule has 0 aliphatic carbocycles. The van der Waals surface area contributed by atoms with Crippen LogP contribution in [-0.2, 0) is 4.74 Å². The van der Waals surface area contributed by atoms with Gasteiger partial charge in [-0.3, -0.25) is 9.59 Å². The molecule has 0 bridgehead atoms. The topological polar surface area (TPSA) is 81.0 Å². The van der Waals surface area contributed by atoms with Crippen molar-refractivity contribution in [1.82, 2.24) is 4.57 Å². The molecule has 5 rings (SSSR count). The van der Waals surface area contributed by atoms with Crippen molar-refractivity contribution in [2.24, 2.45) is 4.99 Å². The minimum Gasteiger partial charge on any atom is -0.449 e. The van der Waals surface area contributed by atoms with Crippen LogP contribution >= 0.6 is 11.3 Å². The molecule has 0 atom stereocenters. The molecule has 4 aromatic rings. The van der Waals surface area contributed by atoms with Crippen LogP contribution in [0.4, 0.5) is 16.2 Å². The second-order valence-corrected chi connectivity index (χ2v) is 8.26. The molecule has 0 unspecified atom stereocenters. The summed E-state index contributed by atoms with van der Waals surface area (Å²) in [7, 11) is 0. The zero-order valence-corrected chi connectivity index (χ0v) is 19.0. The van der Waals surface area contributed by atoms with E-state index in [2.05, 4.69) is 4.99 Å². The number of hydrogen-bond acceptors (Lipinski definition) is 6. The lowest BCUT2D eigenvalue weighted by Gasteiger charge is -2.15. The number of thiazole rings is 1. The van der Waals surface area contributed by atoms with Gasteiger partial charge in [0, 0.05) is 10.9 Å². The minimum absolute atomic E-state index is 0.209. The van der Waals surface area contributed by atoms with Gasteiger partial charge in [-0.2, -0.15) is 0 Å². The first-order valence-corrected chi connectivity index (χ1v) is 11.5. The molecule has 1 aliphatic rings. The van der Waals surface area contributed by atoms with Crippen LogP contribution in [0.2, 0.25) is 0 Å². The number of anilines is 1. The summed E-state index contributed by atoms with van der Waals surface area (Å²) >= 11 is 1.30. The average molecular weight is 470 g/mol. The molecule has 168 valence electrons. The Morgan fingerprint density at radius 1 is 0.912 bits per heavy atom. The molecule has 8 heteroatoms. The summed E-state index contributed by atoms with van der Waals surface area (Å²) in [4.78, 5) is 45.0. The second kappa shape index (κ2) is 8.92. The molecular formula is C26H19N3O4S. The normalized spacial score (nSPS) is 13.3. The summed E-state index contributed by atoms with van der Waals surface area (Å²) in [6.45, 7) is 1.95. The summed E-state index contributed by atoms with van der Waals surface area (Å²) < 4.78 is 6.69. The summed E-state index contributed by atoms with van der Waals surface area (Å²) in [6.07, 6.45) is -0.556. The number of nitrogens with zero attached hydrogens (tertiary/aromatic N) is 3. The van der Waals surface area contributed by atoms with Crippen molar-refractivity contribution in [1.29, 1.82) is 0 Å². The molecule has 7 nitrogen and oxygen atoms in total. The van der Waals surface area contributed by atoms with E-state index >= 15 is 0 Å². The van der Waals surface area contributed by atoms with Crippen LogP contribution in [0.25, 0.3) is 11.3 Å². The van der Waals surface area contributed by atoms with Gasteiger partial charge in [0.25, 0.3) is 11.8 Å². The molecule has 34 heavy (non-hydrogen) atoms. The maximum atomic E-state index is 12.9. The highest BCUT2D eigenvalue weighted by atomic mass is 32.1. The highest BCUT2D eigenvalue weighted by Crippen LogP contribution is 2.31. The van der Waals surface area contributed by atoms with E-state index in [0.29, 0.717) is 38.6 Å². The lowest BCUT2D eigenvalue weighted by molar-refractivity contribution is 0.0926. The Balaban J connectivity index is 1.60. The molecule has 0 spiro atoms. The van der Waals surface area contributed by atoms with Gasteiger partial charge in [0.1, 0.15) is 0 Å². The fraction of sp³-hybridized carbons (Fsp3) is 0.0769. The van der Waals surface area contributed by atoms with Crippen LogP contribution in [0.3, 0.4) is 0 Å². The molecular weight excluding hydrogens is 450 g/mol. The van der Waals surface area contributed by atoms with E-state index in [1.165, 1.54) is 15.9 Å². The number of imide groups is 1. The number of amides is 2. The molecule has 2 heterocycles. The number of para-hydroxylation sites is 1. The van der Waals surface area contributed by atoms with Gasteiger partial charge in [0.2, 0.25) is 0 Å². The predicted octanol–water partition coefficient (Wildman–Crippen LogP) is 5.25. The Bertz CT molecular complexity index is 1450. The van der Waals surface area contributed by atoms with Gasteiger partial charge in [-0.15, -0.1) is 11.3 Å². The fourth-order valence-electron chi connectivity index (χ4n) is 3.80. The van der Waals surface area contributed by atoms with E-state index in [1.807, 2.05) is 36.4 Å². The largest absolute Gasteiger partial charge is 0.449 e. The molecule has 0 saturated carbocycles.